The quantitative estimate of drug-likeness (QED) is 0.773. The molecule has 1 heterocycles. The van der Waals surface area contributed by atoms with Crippen molar-refractivity contribution in [1.82, 2.24) is 20.2 Å². The van der Waals surface area contributed by atoms with Gasteiger partial charge in [0, 0.05) is 0 Å². The minimum absolute atomic E-state index is 0.303. The van der Waals surface area contributed by atoms with E-state index in [0.717, 1.165) is 0 Å². The van der Waals surface area contributed by atoms with Gasteiger partial charge in [-0.05, 0) is 28.6 Å². The van der Waals surface area contributed by atoms with Crippen LogP contribution in [0.5, 0.6) is 0 Å². The number of hydrogen-bond donors (Lipinski definition) is 1. The Hall–Kier alpha value is -2.19. The first-order valence-electron chi connectivity index (χ1n) is 4.30. The van der Waals surface area contributed by atoms with E-state index < -0.39 is 23.2 Å². The van der Waals surface area contributed by atoms with Gasteiger partial charge in [0.15, 0.2) is 0 Å². The molecule has 2 N–H and O–H groups in total. The lowest BCUT2D eigenvalue weighted by Crippen LogP contribution is -2.09. The van der Waals surface area contributed by atoms with Gasteiger partial charge < -0.3 is 5.73 Å². The van der Waals surface area contributed by atoms with Crippen molar-refractivity contribution < 1.29 is 17.6 Å². The van der Waals surface area contributed by atoms with Crippen LogP contribution in [0.25, 0.3) is 5.69 Å². The fourth-order valence-corrected chi connectivity index (χ4v) is 1.22. The first-order valence-corrected chi connectivity index (χ1v) is 4.30. The Balaban J connectivity index is 2.58. The average molecular weight is 247 g/mol. The Morgan fingerprint density at radius 3 is 2.47 bits per heavy atom. The molecule has 0 atom stereocenters. The fraction of sp³-hybridized carbons (Fsp3) is 0.125. The lowest BCUT2D eigenvalue weighted by Gasteiger charge is -2.09. The van der Waals surface area contributed by atoms with Gasteiger partial charge in [-0.2, -0.15) is 17.9 Å². The van der Waals surface area contributed by atoms with E-state index in [2.05, 4.69) is 15.5 Å². The number of anilines is 1. The van der Waals surface area contributed by atoms with Gasteiger partial charge in [-0.3, -0.25) is 0 Å². The second kappa shape index (κ2) is 3.68. The van der Waals surface area contributed by atoms with E-state index in [1.165, 1.54) is 0 Å². The van der Waals surface area contributed by atoms with Gasteiger partial charge in [0.05, 0.1) is 5.56 Å². The number of nitrogen functional groups attached to an aromatic ring is 1. The van der Waals surface area contributed by atoms with Gasteiger partial charge >= 0.3 is 6.18 Å². The third-order valence-electron chi connectivity index (χ3n) is 2.00. The number of nitrogens with two attached hydrogens (primary N) is 1. The van der Waals surface area contributed by atoms with Gasteiger partial charge in [-0.25, -0.2) is 4.39 Å². The number of halogens is 4. The van der Waals surface area contributed by atoms with E-state index in [9.17, 15) is 17.6 Å². The summed E-state index contributed by atoms with van der Waals surface area (Å²) in [4.78, 5) is 0. The summed E-state index contributed by atoms with van der Waals surface area (Å²) in [5.74, 6) is -1.21. The van der Waals surface area contributed by atoms with Crippen molar-refractivity contribution in [3.8, 4) is 5.69 Å². The number of tetrazole rings is 1. The molecule has 0 saturated heterocycles. The van der Waals surface area contributed by atoms with Crippen LogP contribution in [0.3, 0.4) is 0 Å². The van der Waals surface area contributed by atoms with E-state index in [4.69, 9.17) is 5.73 Å². The zero-order valence-electron chi connectivity index (χ0n) is 8.11. The van der Waals surface area contributed by atoms with Crippen molar-refractivity contribution in [2.45, 2.75) is 6.18 Å². The topological polar surface area (TPSA) is 69.6 Å². The molecule has 2 aromatic rings. The molecule has 0 fully saturated rings. The molecule has 0 amide bonds. The van der Waals surface area contributed by atoms with Gasteiger partial charge in [0.25, 0.3) is 0 Å². The second-order valence-electron chi connectivity index (χ2n) is 3.11. The van der Waals surface area contributed by atoms with Crippen molar-refractivity contribution in [3.05, 3.63) is 29.6 Å². The molecule has 90 valence electrons. The van der Waals surface area contributed by atoms with Gasteiger partial charge in [0.2, 0.25) is 5.95 Å². The van der Waals surface area contributed by atoms with Crippen LogP contribution in [0, 0.1) is 5.82 Å². The highest BCUT2D eigenvalue weighted by Gasteiger charge is 2.31. The zero-order chi connectivity index (χ0) is 12.6. The Labute approximate surface area is 91.8 Å². The number of hydrogen-bond acceptors (Lipinski definition) is 4. The molecule has 1 aromatic carbocycles. The molecule has 0 spiro atoms. The molecular weight excluding hydrogens is 242 g/mol. The molecule has 5 nitrogen and oxygen atoms in total. The molecule has 9 heteroatoms. The third kappa shape index (κ3) is 2.03. The van der Waals surface area contributed by atoms with Crippen LogP contribution in [0.4, 0.5) is 23.5 Å². The predicted octanol–water partition coefficient (Wildman–Crippen LogP) is 1.40. The number of benzene rings is 1. The fourth-order valence-electron chi connectivity index (χ4n) is 1.22. The largest absolute Gasteiger partial charge is 0.416 e. The molecular formula is C8H5F4N5. The molecule has 0 aliphatic carbocycles. The minimum atomic E-state index is -4.58. The van der Waals surface area contributed by atoms with E-state index in [0.29, 0.717) is 22.9 Å². The summed E-state index contributed by atoms with van der Waals surface area (Å²) in [5, 5.41) is 9.67. The zero-order valence-corrected chi connectivity index (χ0v) is 8.11. The monoisotopic (exact) mass is 247 g/mol. The van der Waals surface area contributed by atoms with Crippen molar-refractivity contribution in [2.75, 3.05) is 5.73 Å². The molecule has 0 unspecified atom stereocenters. The first kappa shape index (κ1) is 11.3. The number of rotatable bonds is 1. The standard InChI is InChI=1S/C8H5F4N5/c9-5-2-1-4(8(10,11)12)3-6(5)17-7(13)14-15-16-17/h1-3H,(H2,13,14,16). The molecule has 0 bridgehead atoms. The SMILES string of the molecule is Nc1nnnn1-c1cc(C(F)(F)F)ccc1F. The van der Waals surface area contributed by atoms with Crippen molar-refractivity contribution >= 4 is 5.95 Å². The molecule has 2 rings (SSSR count). The maximum atomic E-state index is 13.4. The smallest absolute Gasteiger partial charge is 0.366 e. The summed E-state index contributed by atoms with van der Waals surface area (Å²) >= 11 is 0. The van der Waals surface area contributed by atoms with Crippen LogP contribution < -0.4 is 5.73 Å². The summed E-state index contributed by atoms with van der Waals surface area (Å²) < 4.78 is 51.3. The van der Waals surface area contributed by atoms with Crippen LogP contribution in [-0.4, -0.2) is 20.2 Å². The maximum Gasteiger partial charge on any atom is 0.416 e. The molecule has 0 aliphatic heterocycles. The minimum Gasteiger partial charge on any atom is -0.366 e. The molecule has 17 heavy (non-hydrogen) atoms. The highest BCUT2D eigenvalue weighted by molar-refractivity contribution is 5.41. The maximum absolute atomic E-state index is 13.4. The van der Waals surface area contributed by atoms with Crippen LogP contribution >= 0.6 is 0 Å². The third-order valence-corrected chi connectivity index (χ3v) is 2.00. The van der Waals surface area contributed by atoms with E-state index in [-0.39, 0.29) is 5.95 Å². The first-order chi connectivity index (χ1) is 7.89. The van der Waals surface area contributed by atoms with E-state index >= 15 is 0 Å². The van der Waals surface area contributed by atoms with E-state index in [1.54, 1.807) is 0 Å². The highest BCUT2D eigenvalue weighted by atomic mass is 19.4. The molecule has 0 radical (unpaired) electrons. The highest BCUT2D eigenvalue weighted by Crippen LogP contribution is 2.31. The lowest BCUT2D eigenvalue weighted by atomic mass is 10.2. The van der Waals surface area contributed by atoms with Crippen LogP contribution in [-0.2, 0) is 6.18 Å². The average Bonchev–Trinajstić information content (AvgIpc) is 2.63. The summed E-state index contributed by atoms with van der Waals surface area (Å²) in [5.41, 5.74) is 3.81. The van der Waals surface area contributed by atoms with E-state index in [1.807, 2.05) is 0 Å². The molecule has 0 aliphatic rings. The van der Waals surface area contributed by atoms with Crippen LogP contribution in [0.2, 0.25) is 0 Å². The summed E-state index contributed by atoms with van der Waals surface area (Å²) in [6.07, 6.45) is -4.58. The Morgan fingerprint density at radius 1 is 1.24 bits per heavy atom. The Kier molecular flexibility index (Phi) is 2.45. The predicted molar refractivity (Wildman–Crippen MR) is 48.5 cm³/mol. The van der Waals surface area contributed by atoms with Crippen molar-refractivity contribution in [3.63, 3.8) is 0 Å². The summed E-state index contributed by atoms with van der Waals surface area (Å²) in [7, 11) is 0. The number of aromatic nitrogens is 4. The summed E-state index contributed by atoms with van der Waals surface area (Å²) in [6.45, 7) is 0. The van der Waals surface area contributed by atoms with Crippen LogP contribution in [0.1, 0.15) is 5.56 Å². The lowest BCUT2D eigenvalue weighted by molar-refractivity contribution is -0.137. The number of nitrogens with zero attached hydrogens (tertiary/aromatic N) is 4. The van der Waals surface area contributed by atoms with Crippen molar-refractivity contribution in [2.24, 2.45) is 0 Å². The molecule has 0 saturated carbocycles. The Bertz CT molecular complexity index is 547. The van der Waals surface area contributed by atoms with Gasteiger partial charge in [-0.15, -0.1) is 0 Å². The van der Waals surface area contributed by atoms with Gasteiger partial charge in [-0.1, -0.05) is 5.10 Å². The molecule has 1 aromatic heterocycles. The van der Waals surface area contributed by atoms with Crippen LogP contribution in [0.15, 0.2) is 18.2 Å². The number of alkyl halides is 3. The Morgan fingerprint density at radius 2 is 1.94 bits per heavy atom. The normalized spacial score (nSPS) is 11.8. The summed E-state index contributed by atoms with van der Waals surface area (Å²) in [6, 6.07) is 1.89. The van der Waals surface area contributed by atoms with Crippen molar-refractivity contribution in [1.29, 1.82) is 0 Å². The van der Waals surface area contributed by atoms with Gasteiger partial charge in [0.1, 0.15) is 11.5 Å². The second-order valence-corrected chi connectivity index (χ2v) is 3.11.